The number of hydrogen-bond acceptors (Lipinski definition) is 0. The van der Waals surface area contributed by atoms with Gasteiger partial charge in [-0.3, -0.25) is 0 Å². The second-order valence-corrected chi connectivity index (χ2v) is 16.6. The summed E-state index contributed by atoms with van der Waals surface area (Å²) in [5, 5.41) is 7.68. The van der Waals surface area contributed by atoms with E-state index < -0.39 is 0 Å². The van der Waals surface area contributed by atoms with Crippen LogP contribution in [-0.4, -0.2) is 13.7 Å². The summed E-state index contributed by atoms with van der Waals surface area (Å²) in [4.78, 5) is 0. The molecule has 0 amide bonds. The average molecular weight is 784 g/mol. The zero-order valence-corrected chi connectivity index (χ0v) is 34.7. The molecule has 294 valence electrons. The van der Waals surface area contributed by atoms with Crippen LogP contribution < -0.4 is 13.7 Å². The predicted octanol–water partition coefficient (Wildman–Crippen LogP) is 9.63. The molecule has 3 heterocycles. The average Bonchev–Trinajstić information content (AvgIpc) is 4.04. The molecule has 0 radical (unpaired) electrons. The summed E-state index contributed by atoms with van der Waals surface area (Å²) < 4.78 is 13.9. The van der Waals surface area contributed by atoms with Crippen molar-refractivity contribution in [1.82, 2.24) is 13.7 Å². The molecule has 0 saturated carbocycles. The van der Waals surface area contributed by atoms with Crippen LogP contribution in [0.5, 0.6) is 0 Å². The minimum absolute atomic E-state index is 0.809. The van der Waals surface area contributed by atoms with Gasteiger partial charge in [0.1, 0.15) is 76.4 Å². The lowest BCUT2D eigenvalue weighted by molar-refractivity contribution is -0.687. The third kappa shape index (κ3) is 7.76. The Labute approximate surface area is 352 Å². The van der Waals surface area contributed by atoms with Crippen LogP contribution in [0.15, 0.2) is 184 Å². The molecule has 60 heavy (non-hydrogen) atoms. The van der Waals surface area contributed by atoms with E-state index in [4.69, 9.17) is 0 Å². The molecule has 6 heteroatoms. The van der Waals surface area contributed by atoms with Crippen LogP contribution in [-0.2, 0) is 39.3 Å². The maximum absolute atomic E-state index is 2.35. The van der Waals surface area contributed by atoms with Crippen molar-refractivity contribution in [3.05, 3.63) is 234 Å². The van der Waals surface area contributed by atoms with Gasteiger partial charge in [-0.15, -0.1) is 0 Å². The van der Waals surface area contributed by atoms with Gasteiger partial charge in [0.2, 0.25) is 19.0 Å². The molecule has 0 unspecified atom stereocenters. The number of rotatable bonds is 12. The molecule has 6 nitrogen and oxygen atoms in total. The van der Waals surface area contributed by atoms with Crippen LogP contribution >= 0.6 is 0 Å². The molecular weight excluding hydrogens is 733 g/mol. The summed E-state index contributed by atoms with van der Waals surface area (Å²) in [6.07, 6.45) is 20.1. The highest BCUT2D eigenvalue weighted by Crippen LogP contribution is 2.30. The SMILES string of the molecule is Cc1c(Cn2cc[n+](Cc3ccc4ccccc4c3)c2)c(C)c(Cn2cc[n+](Cc3ccc4ccccc4c3)c2)c(C)c1Cn1cc[n+](Cc2ccc3ccccc3c2)c1. The predicted molar refractivity (Wildman–Crippen MR) is 241 cm³/mol. The van der Waals surface area contributed by atoms with Crippen LogP contribution in [0.4, 0.5) is 0 Å². The monoisotopic (exact) mass is 783 g/mol. The Hall–Kier alpha value is -7.05. The van der Waals surface area contributed by atoms with Gasteiger partial charge in [0.05, 0.1) is 0 Å². The maximum Gasteiger partial charge on any atom is 0.244 e. The summed E-state index contributed by atoms with van der Waals surface area (Å²) in [6, 6.07) is 46.2. The molecule has 0 N–H and O–H groups in total. The summed E-state index contributed by atoms with van der Waals surface area (Å²) in [6.45, 7) is 11.9. The van der Waals surface area contributed by atoms with Gasteiger partial charge < -0.3 is 0 Å². The van der Waals surface area contributed by atoms with E-state index in [1.165, 1.54) is 82.4 Å². The molecule has 10 aromatic rings. The third-order valence-corrected chi connectivity index (χ3v) is 12.5. The minimum Gasteiger partial charge on any atom is -0.233 e. The van der Waals surface area contributed by atoms with Crippen LogP contribution in [0.1, 0.15) is 50.1 Å². The Balaban J connectivity index is 0.942. The van der Waals surface area contributed by atoms with E-state index in [-0.39, 0.29) is 0 Å². The molecule has 0 aliphatic heterocycles. The lowest BCUT2D eigenvalue weighted by atomic mass is 9.87. The molecule has 0 aliphatic carbocycles. The van der Waals surface area contributed by atoms with E-state index in [0.717, 1.165) is 39.3 Å². The van der Waals surface area contributed by atoms with Crippen molar-refractivity contribution in [2.75, 3.05) is 0 Å². The second-order valence-electron chi connectivity index (χ2n) is 16.6. The molecule has 0 fully saturated rings. The Morgan fingerprint density at radius 3 is 0.933 bits per heavy atom. The highest BCUT2D eigenvalue weighted by molar-refractivity contribution is 5.84. The molecule has 0 atom stereocenters. The molecular formula is C54H51N6+3. The first kappa shape index (κ1) is 37.2. The number of aromatic nitrogens is 6. The summed E-state index contributed by atoms with van der Waals surface area (Å²) in [5.74, 6) is 0. The number of benzene rings is 7. The summed E-state index contributed by atoms with van der Waals surface area (Å²) in [7, 11) is 0. The maximum atomic E-state index is 2.35. The molecule has 0 bridgehead atoms. The van der Waals surface area contributed by atoms with E-state index in [9.17, 15) is 0 Å². The Bertz CT molecular complexity index is 2800. The lowest BCUT2D eigenvalue weighted by Crippen LogP contribution is -2.31. The minimum atomic E-state index is 0.809. The highest BCUT2D eigenvalue weighted by atomic mass is 15.1. The highest BCUT2D eigenvalue weighted by Gasteiger charge is 2.23. The van der Waals surface area contributed by atoms with Gasteiger partial charge in [-0.2, -0.15) is 0 Å². The fourth-order valence-electron chi connectivity index (χ4n) is 9.17. The molecule has 7 aromatic carbocycles. The summed E-state index contributed by atoms with van der Waals surface area (Å²) >= 11 is 0. The first-order valence-corrected chi connectivity index (χ1v) is 21.1. The van der Waals surface area contributed by atoms with Crippen molar-refractivity contribution < 1.29 is 13.7 Å². The van der Waals surface area contributed by atoms with Crippen molar-refractivity contribution in [3.63, 3.8) is 0 Å². The molecule has 3 aromatic heterocycles. The smallest absolute Gasteiger partial charge is 0.233 e. The quantitative estimate of drug-likeness (QED) is 0.111. The Morgan fingerprint density at radius 2 is 0.633 bits per heavy atom. The van der Waals surface area contributed by atoms with Gasteiger partial charge in [0, 0.05) is 16.7 Å². The fourth-order valence-corrected chi connectivity index (χ4v) is 9.17. The van der Waals surface area contributed by atoms with Crippen molar-refractivity contribution in [2.45, 2.75) is 60.0 Å². The number of nitrogens with zero attached hydrogens (tertiary/aromatic N) is 6. The van der Waals surface area contributed by atoms with Gasteiger partial charge in [-0.25, -0.2) is 27.4 Å². The standard InChI is InChI=1S/C54H51N6/c1-40-52(34-58-25-22-55(37-58)31-43-16-19-46-10-4-7-13-49(46)28-43)41(2)54(36-60-27-24-57(39-60)33-45-18-21-48-12-6-9-15-51(48)30-45)42(3)53(40)35-59-26-23-56(38-59)32-44-17-20-47-11-5-8-14-50(47)29-44/h4-30,37-39H,31-36H2,1-3H3/q+3. The van der Waals surface area contributed by atoms with E-state index in [2.05, 4.69) is 232 Å². The van der Waals surface area contributed by atoms with Crippen LogP contribution in [0.3, 0.4) is 0 Å². The van der Waals surface area contributed by atoms with Gasteiger partial charge in [-0.05, 0) is 105 Å². The van der Waals surface area contributed by atoms with E-state index in [1.807, 2.05) is 0 Å². The number of imidazole rings is 3. The van der Waals surface area contributed by atoms with Crippen molar-refractivity contribution >= 4 is 32.3 Å². The zero-order valence-electron chi connectivity index (χ0n) is 34.7. The fraction of sp³-hybridized carbons (Fsp3) is 0.167. The molecule has 0 spiro atoms. The molecule has 0 saturated heterocycles. The topological polar surface area (TPSA) is 26.4 Å². The van der Waals surface area contributed by atoms with Crippen LogP contribution in [0, 0.1) is 20.8 Å². The molecule has 10 rings (SSSR count). The normalized spacial score (nSPS) is 11.7. The van der Waals surface area contributed by atoms with Crippen molar-refractivity contribution in [1.29, 1.82) is 0 Å². The van der Waals surface area contributed by atoms with Crippen LogP contribution in [0.25, 0.3) is 32.3 Å². The van der Waals surface area contributed by atoms with Crippen LogP contribution in [0.2, 0.25) is 0 Å². The van der Waals surface area contributed by atoms with E-state index in [1.54, 1.807) is 0 Å². The lowest BCUT2D eigenvalue weighted by Gasteiger charge is -2.20. The molecule has 0 aliphatic rings. The Morgan fingerprint density at radius 1 is 0.350 bits per heavy atom. The largest absolute Gasteiger partial charge is 0.244 e. The Kier molecular flexibility index (Phi) is 9.90. The first-order chi connectivity index (χ1) is 29.4. The summed E-state index contributed by atoms with van der Waals surface area (Å²) in [5.41, 5.74) is 12.2. The first-order valence-electron chi connectivity index (χ1n) is 21.1. The second kappa shape index (κ2) is 16.0. The van der Waals surface area contributed by atoms with Crippen molar-refractivity contribution in [3.8, 4) is 0 Å². The third-order valence-electron chi connectivity index (χ3n) is 12.5. The van der Waals surface area contributed by atoms with Crippen molar-refractivity contribution in [2.24, 2.45) is 0 Å². The van der Waals surface area contributed by atoms with Gasteiger partial charge >= 0.3 is 0 Å². The van der Waals surface area contributed by atoms with Gasteiger partial charge in [0.25, 0.3) is 0 Å². The van der Waals surface area contributed by atoms with Gasteiger partial charge in [0.15, 0.2) is 0 Å². The zero-order chi connectivity index (χ0) is 40.6. The number of hydrogen-bond donors (Lipinski definition) is 0. The number of fused-ring (bicyclic) bond motifs is 3. The van der Waals surface area contributed by atoms with Gasteiger partial charge in [-0.1, -0.05) is 109 Å². The van der Waals surface area contributed by atoms with E-state index in [0.29, 0.717) is 0 Å². The van der Waals surface area contributed by atoms with E-state index >= 15 is 0 Å².